The Morgan fingerprint density at radius 3 is 2.64 bits per heavy atom. The van der Waals surface area contributed by atoms with E-state index in [0.29, 0.717) is 18.8 Å². The van der Waals surface area contributed by atoms with Crippen molar-refractivity contribution in [3.8, 4) is 11.4 Å². The minimum absolute atomic E-state index is 0.0158. The summed E-state index contributed by atoms with van der Waals surface area (Å²) in [6.07, 6.45) is 8.97. The standard InChI is InChI=1S/C29H31ClF2N4O3/c1-17(18-6-3-2-4-7-18)39-24-15-23(36-28(38)35-13-12-29(10-11-29)16-25(35)34-36)22(32)14-19(24)27(37)33-26-20(30)8-5-9-21(26)31/h5,8-9,14-15,17-18H,2-4,6-7,10-13,16H2,1H3,(H,33,37)/t17-/m0/s1. The maximum Gasteiger partial charge on any atom is 0.350 e. The van der Waals surface area contributed by atoms with Crippen molar-refractivity contribution in [2.24, 2.45) is 11.3 Å². The summed E-state index contributed by atoms with van der Waals surface area (Å²) in [5, 5.41) is 6.97. The van der Waals surface area contributed by atoms with E-state index < -0.39 is 23.2 Å². The molecule has 7 nitrogen and oxygen atoms in total. The zero-order valence-corrected chi connectivity index (χ0v) is 22.6. The van der Waals surface area contributed by atoms with Crippen LogP contribution in [0.3, 0.4) is 0 Å². The highest BCUT2D eigenvalue weighted by atomic mass is 35.5. The molecule has 0 saturated heterocycles. The van der Waals surface area contributed by atoms with E-state index in [0.717, 1.165) is 55.7 Å². The molecule has 2 aliphatic carbocycles. The van der Waals surface area contributed by atoms with Crippen LogP contribution in [0.25, 0.3) is 5.69 Å². The largest absolute Gasteiger partial charge is 0.490 e. The summed E-state index contributed by atoms with van der Waals surface area (Å²) < 4.78 is 39.0. The quantitative estimate of drug-likeness (QED) is 0.387. The van der Waals surface area contributed by atoms with Gasteiger partial charge in [0, 0.05) is 19.0 Å². The number of nitrogens with one attached hydrogen (secondary N) is 1. The Hall–Kier alpha value is -3.20. The first-order chi connectivity index (χ1) is 18.7. The number of ether oxygens (including phenoxy) is 1. The van der Waals surface area contributed by atoms with Gasteiger partial charge in [-0.2, -0.15) is 4.68 Å². The number of carbonyl (C=O) groups excluding carboxylic acids is 1. The summed E-state index contributed by atoms with van der Waals surface area (Å²) in [7, 11) is 0. The minimum Gasteiger partial charge on any atom is -0.490 e. The van der Waals surface area contributed by atoms with Gasteiger partial charge in [-0.15, -0.1) is 5.10 Å². The van der Waals surface area contributed by atoms with Crippen LogP contribution in [-0.2, 0) is 13.0 Å². The Labute approximate surface area is 230 Å². The third kappa shape index (κ3) is 4.97. The average molecular weight is 557 g/mol. The first-order valence-electron chi connectivity index (χ1n) is 13.7. The van der Waals surface area contributed by atoms with Crippen LogP contribution in [0.4, 0.5) is 14.5 Å². The number of carbonyl (C=O) groups is 1. The molecule has 6 rings (SSSR count). The molecule has 1 N–H and O–H groups in total. The van der Waals surface area contributed by atoms with Gasteiger partial charge in [-0.05, 0) is 68.6 Å². The molecular formula is C29H31ClF2N4O3. The highest BCUT2D eigenvalue weighted by molar-refractivity contribution is 6.34. The van der Waals surface area contributed by atoms with Gasteiger partial charge in [-0.3, -0.25) is 9.36 Å². The van der Waals surface area contributed by atoms with Crippen LogP contribution >= 0.6 is 11.6 Å². The van der Waals surface area contributed by atoms with Crippen LogP contribution in [0.1, 0.15) is 74.5 Å². The SMILES string of the molecule is C[C@H](Oc1cc(-n2nc3n(c2=O)CCC2(CC2)C3)c(F)cc1C(=O)Nc1c(F)cccc1Cl)C1CCCCC1. The van der Waals surface area contributed by atoms with E-state index in [1.165, 1.54) is 30.7 Å². The van der Waals surface area contributed by atoms with Gasteiger partial charge in [-0.25, -0.2) is 13.6 Å². The molecule has 39 heavy (non-hydrogen) atoms. The topological polar surface area (TPSA) is 78.2 Å². The molecule has 3 aliphatic rings. The molecule has 2 fully saturated rings. The number of aromatic nitrogens is 3. The van der Waals surface area contributed by atoms with E-state index in [9.17, 15) is 14.0 Å². The highest BCUT2D eigenvalue weighted by Gasteiger charge is 2.46. The number of rotatable bonds is 6. The van der Waals surface area contributed by atoms with Crippen molar-refractivity contribution >= 4 is 23.2 Å². The molecule has 1 atom stereocenters. The predicted octanol–water partition coefficient (Wildman–Crippen LogP) is 6.29. The molecule has 1 spiro atoms. The second-order valence-electron chi connectivity index (χ2n) is 11.3. The molecule has 10 heteroatoms. The summed E-state index contributed by atoms with van der Waals surface area (Å²) >= 11 is 6.11. The Balaban J connectivity index is 1.39. The molecule has 1 amide bonds. The normalized spacial score (nSPS) is 19.0. The molecule has 2 heterocycles. The highest BCUT2D eigenvalue weighted by Crippen LogP contribution is 2.53. The molecule has 1 aliphatic heterocycles. The van der Waals surface area contributed by atoms with Gasteiger partial charge in [0.2, 0.25) is 0 Å². The number of amides is 1. The summed E-state index contributed by atoms with van der Waals surface area (Å²) in [5.74, 6) is -1.26. The molecule has 3 aromatic rings. The first-order valence-corrected chi connectivity index (χ1v) is 14.1. The van der Waals surface area contributed by atoms with Crippen molar-refractivity contribution in [3.05, 3.63) is 68.9 Å². The Kier molecular flexibility index (Phi) is 6.73. The molecule has 206 valence electrons. The van der Waals surface area contributed by atoms with E-state index in [2.05, 4.69) is 10.4 Å². The van der Waals surface area contributed by atoms with E-state index in [-0.39, 0.29) is 45.1 Å². The van der Waals surface area contributed by atoms with Crippen molar-refractivity contribution in [1.82, 2.24) is 14.3 Å². The second-order valence-corrected chi connectivity index (χ2v) is 11.7. The van der Waals surface area contributed by atoms with Gasteiger partial charge in [0.05, 0.1) is 22.4 Å². The van der Waals surface area contributed by atoms with Crippen molar-refractivity contribution in [2.75, 3.05) is 5.32 Å². The zero-order valence-electron chi connectivity index (χ0n) is 21.8. The molecule has 1 aromatic heterocycles. The zero-order chi connectivity index (χ0) is 27.3. The summed E-state index contributed by atoms with van der Waals surface area (Å²) in [6.45, 7) is 2.49. The Morgan fingerprint density at radius 2 is 1.92 bits per heavy atom. The van der Waals surface area contributed by atoms with Gasteiger partial charge in [0.1, 0.15) is 28.9 Å². The van der Waals surface area contributed by atoms with Crippen molar-refractivity contribution < 1.29 is 18.3 Å². The van der Waals surface area contributed by atoms with Gasteiger partial charge in [-0.1, -0.05) is 36.9 Å². The number of hydrogen-bond acceptors (Lipinski definition) is 4. The van der Waals surface area contributed by atoms with Gasteiger partial charge in [0.15, 0.2) is 0 Å². The van der Waals surface area contributed by atoms with Crippen LogP contribution in [0.15, 0.2) is 35.1 Å². The summed E-state index contributed by atoms with van der Waals surface area (Å²) in [5.41, 5.74) is -0.595. The average Bonchev–Trinajstić information content (AvgIpc) is 3.60. The number of halogens is 3. The number of fused-ring (bicyclic) bond motifs is 1. The monoisotopic (exact) mass is 556 g/mol. The maximum atomic E-state index is 15.6. The lowest BCUT2D eigenvalue weighted by Gasteiger charge is -2.29. The molecule has 0 radical (unpaired) electrons. The van der Waals surface area contributed by atoms with E-state index >= 15 is 4.39 Å². The fraction of sp³-hybridized carbons (Fsp3) is 0.483. The molecular weight excluding hydrogens is 526 g/mol. The van der Waals surface area contributed by atoms with Gasteiger partial charge < -0.3 is 10.1 Å². The lowest BCUT2D eigenvalue weighted by Crippen LogP contribution is -2.30. The van der Waals surface area contributed by atoms with E-state index in [1.54, 1.807) is 4.57 Å². The summed E-state index contributed by atoms with van der Waals surface area (Å²) in [4.78, 5) is 26.6. The minimum atomic E-state index is -0.809. The Morgan fingerprint density at radius 1 is 1.15 bits per heavy atom. The Bertz CT molecular complexity index is 1470. The first kappa shape index (κ1) is 26.0. The fourth-order valence-corrected chi connectivity index (χ4v) is 6.21. The van der Waals surface area contributed by atoms with Crippen molar-refractivity contribution in [1.29, 1.82) is 0 Å². The van der Waals surface area contributed by atoms with Gasteiger partial charge >= 0.3 is 5.69 Å². The maximum absolute atomic E-state index is 15.6. The van der Waals surface area contributed by atoms with Crippen molar-refractivity contribution in [2.45, 2.75) is 77.4 Å². The fourth-order valence-electron chi connectivity index (χ4n) is 6.00. The van der Waals surface area contributed by atoms with E-state index in [4.69, 9.17) is 16.3 Å². The lowest BCUT2D eigenvalue weighted by molar-refractivity contribution is 0.0996. The smallest absolute Gasteiger partial charge is 0.350 e. The number of hydrogen-bond donors (Lipinski definition) is 1. The summed E-state index contributed by atoms with van der Waals surface area (Å²) in [6, 6.07) is 6.43. The number of nitrogens with zero attached hydrogens (tertiary/aromatic N) is 3. The lowest BCUT2D eigenvalue weighted by atomic mass is 9.86. The van der Waals surface area contributed by atoms with Crippen LogP contribution in [0.5, 0.6) is 5.75 Å². The van der Waals surface area contributed by atoms with Crippen molar-refractivity contribution in [3.63, 3.8) is 0 Å². The molecule has 2 aromatic carbocycles. The number of anilines is 1. The van der Waals surface area contributed by atoms with Crippen LogP contribution in [0, 0.1) is 23.0 Å². The van der Waals surface area contributed by atoms with Crippen LogP contribution in [-0.4, -0.2) is 26.4 Å². The number of benzene rings is 2. The molecule has 2 saturated carbocycles. The third-order valence-corrected chi connectivity index (χ3v) is 8.96. The second kappa shape index (κ2) is 10.1. The van der Waals surface area contributed by atoms with Crippen LogP contribution in [0.2, 0.25) is 5.02 Å². The number of para-hydroxylation sites is 1. The van der Waals surface area contributed by atoms with E-state index in [1.807, 2.05) is 6.92 Å². The molecule has 0 unspecified atom stereocenters. The molecule has 0 bridgehead atoms. The predicted molar refractivity (Wildman–Crippen MR) is 144 cm³/mol. The van der Waals surface area contributed by atoms with Crippen LogP contribution < -0.4 is 15.7 Å². The van der Waals surface area contributed by atoms with Gasteiger partial charge in [0.25, 0.3) is 5.91 Å². The third-order valence-electron chi connectivity index (χ3n) is 8.64.